The molecule has 2 aromatic heterocycles. The van der Waals surface area contributed by atoms with Crippen molar-refractivity contribution in [2.45, 2.75) is 32.4 Å². The maximum absolute atomic E-state index is 11.8. The summed E-state index contributed by atoms with van der Waals surface area (Å²) in [5.41, 5.74) is 9.01. The van der Waals surface area contributed by atoms with Gasteiger partial charge in [0, 0.05) is 18.3 Å². The first-order valence-corrected chi connectivity index (χ1v) is 15.1. The summed E-state index contributed by atoms with van der Waals surface area (Å²) in [6.07, 6.45) is 5.39. The molecule has 1 saturated heterocycles. The predicted octanol–water partition coefficient (Wildman–Crippen LogP) is 6.48. The number of fused-ring (bicyclic) bond motifs is 2. The van der Waals surface area contributed by atoms with E-state index in [0.717, 1.165) is 69.2 Å². The zero-order chi connectivity index (χ0) is 31.1. The van der Waals surface area contributed by atoms with Crippen LogP contribution in [0.25, 0.3) is 39.2 Å². The molecular weight excluding hydrogens is 570 g/mol. The van der Waals surface area contributed by atoms with Gasteiger partial charge < -0.3 is 24.1 Å². The molecule has 1 unspecified atom stereocenters. The molecular formula is C36H35N3O6. The number of nitrogens with zero attached hydrogens (tertiary/aromatic N) is 3. The molecule has 3 aromatic carbocycles. The normalized spacial score (nSPS) is 16.2. The van der Waals surface area contributed by atoms with Gasteiger partial charge >= 0.3 is 5.97 Å². The maximum atomic E-state index is 11.8. The lowest BCUT2D eigenvalue weighted by Gasteiger charge is -2.24. The first-order valence-electron chi connectivity index (χ1n) is 15.1. The van der Waals surface area contributed by atoms with Crippen molar-refractivity contribution in [2.75, 3.05) is 34.0 Å². The Morgan fingerprint density at radius 3 is 2.36 bits per heavy atom. The molecule has 1 atom stereocenters. The average molecular weight is 606 g/mol. The number of rotatable bonds is 8. The van der Waals surface area contributed by atoms with E-state index in [-0.39, 0.29) is 0 Å². The van der Waals surface area contributed by atoms with Gasteiger partial charge in [0.15, 0.2) is 11.5 Å². The number of hydrogen-bond donors (Lipinski definition) is 1. The fourth-order valence-corrected chi connectivity index (χ4v) is 6.62. The fourth-order valence-electron chi connectivity index (χ4n) is 6.62. The standard InChI is InChI=1S/C36H35N3O6/c1-22-26(23-9-10-31-34(16-23)45-15-14-44-31)6-4-7-27(22)24-11-13-39-30(20-37-35(39)19-24)25-17-32(42-2)28(33(18-25)43-3)21-38-12-5-8-29(38)36(40)41/h4,6-7,9-11,13,16-20,29H,5,8,12,14-15,21H2,1-3H3,(H,40,41). The fraction of sp³-hybridized carbons (Fsp3) is 0.278. The molecule has 0 amide bonds. The number of ether oxygens (including phenoxy) is 4. The van der Waals surface area contributed by atoms with Crippen molar-refractivity contribution in [3.63, 3.8) is 0 Å². The highest BCUT2D eigenvalue weighted by atomic mass is 16.6. The number of aliphatic carboxylic acids is 1. The number of pyridine rings is 1. The van der Waals surface area contributed by atoms with E-state index in [2.05, 4.69) is 47.7 Å². The predicted molar refractivity (Wildman–Crippen MR) is 171 cm³/mol. The molecule has 0 aliphatic carbocycles. The Morgan fingerprint density at radius 2 is 1.64 bits per heavy atom. The summed E-state index contributed by atoms with van der Waals surface area (Å²) in [6, 6.07) is 20.1. The van der Waals surface area contributed by atoms with E-state index in [0.29, 0.717) is 37.7 Å². The molecule has 2 aliphatic heterocycles. The van der Waals surface area contributed by atoms with Crippen LogP contribution in [-0.4, -0.2) is 65.4 Å². The molecule has 0 spiro atoms. The lowest BCUT2D eigenvalue weighted by atomic mass is 9.93. The zero-order valence-corrected chi connectivity index (χ0v) is 25.6. The number of hydrogen-bond acceptors (Lipinski definition) is 7. The Kier molecular flexibility index (Phi) is 7.55. The third-order valence-corrected chi connectivity index (χ3v) is 8.92. The van der Waals surface area contributed by atoms with Crippen LogP contribution in [0.2, 0.25) is 0 Å². The van der Waals surface area contributed by atoms with Crippen molar-refractivity contribution in [2.24, 2.45) is 0 Å². The summed E-state index contributed by atoms with van der Waals surface area (Å²) in [6.45, 7) is 4.42. The molecule has 9 nitrogen and oxygen atoms in total. The Balaban J connectivity index is 1.22. The quantitative estimate of drug-likeness (QED) is 0.215. The molecule has 7 rings (SSSR count). The lowest BCUT2D eigenvalue weighted by Crippen LogP contribution is -2.35. The summed E-state index contributed by atoms with van der Waals surface area (Å²) < 4.78 is 25.2. The van der Waals surface area contributed by atoms with Crippen molar-refractivity contribution < 1.29 is 28.8 Å². The monoisotopic (exact) mass is 605 g/mol. The van der Waals surface area contributed by atoms with Gasteiger partial charge in [0.05, 0.1) is 31.7 Å². The summed E-state index contributed by atoms with van der Waals surface area (Å²) in [4.78, 5) is 18.5. The van der Waals surface area contributed by atoms with Gasteiger partial charge in [-0.2, -0.15) is 0 Å². The van der Waals surface area contributed by atoms with Crippen LogP contribution in [0.5, 0.6) is 23.0 Å². The first kappa shape index (κ1) is 28.7. The van der Waals surface area contributed by atoms with Gasteiger partial charge in [0.25, 0.3) is 0 Å². The minimum Gasteiger partial charge on any atom is -0.496 e. The number of carboxylic acid groups (broad SMARTS) is 1. The van der Waals surface area contributed by atoms with Crippen molar-refractivity contribution in [3.05, 3.63) is 84.2 Å². The van der Waals surface area contributed by atoms with Crippen molar-refractivity contribution in [3.8, 4) is 56.5 Å². The van der Waals surface area contributed by atoms with Gasteiger partial charge in [0.2, 0.25) is 0 Å². The first-order chi connectivity index (χ1) is 21.9. The van der Waals surface area contributed by atoms with Gasteiger partial charge in [-0.3, -0.25) is 14.1 Å². The number of aromatic nitrogens is 2. The number of carboxylic acids is 1. The number of methoxy groups -OCH3 is 2. The van der Waals surface area contributed by atoms with E-state index in [4.69, 9.17) is 23.9 Å². The van der Waals surface area contributed by atoms with Gasteiger partial charge in [-0.25, -0.2) is 4.98 Å². The van der Waals surface area contributed by atoms with Crippen LogP contribution in [0.15, 0.2) is 73.1 Å². The van der Waals surface area contributed by atoms with Crippen molar-refractivity contribution in [1.82, 2.24) is 14.3 Å². The lowest BCUT2D eigenvalue weighted by molar-refractivity contribution is -0.142. The minimum atomic E-state index is -0.794. The van der Waals surface area contributed by atoms with Gasteiger partial charge in [0.1, 0.15) is 36.4 Å². The highest BCUT2D eigenvalue weighted by Crippen LogP contribution is 2.40. The molecule has 0 bridgehead atoms. The van der Waals surface area contributed by atoms with Gasteiger partial charge in [-0.1, -0.05) is 24.3 Å². The third-order valence-electron chi connectivity index (χ3n) is 8.92. The summed E-state index contributed by atoms with van der Waals surface area (Å²) in [7, 11) is 3.26. The van der Waals surface area contributed by atoms with E-state index in [9.17, 15) is 9.90 Å². The number of benzene rings is 3. The van der Waals surface area contributed by atoms with E-state index in [1.165, 1.54) is 5.56 Å². The molecule has 4 heterocycles. The molecule has 0 radical (unpaired) electrons. The summed E-state index contributed by atoms with van der Waals surface area (Å²) >= 11 is 0. The van der Waals surface area contributed by atoms with Crippen LogP contribution < -0.4 is 18.9 Å². The van der Waals surface area contributed by atoms with Crippen LogP contribution in [0.3, 0.4) is 0 Å². The number of likely N-dealkylation sites (tertiary alicyclic amines) is 1. The SMILES string of the molecule is COc1cc(-c2cnc3cc(-c4cccc(-c5ccc6c(c5)OCCO6)c4C)ccn23)cc(OC)c1CN1CCCC1C(=O)O. The average Bonchev–Trinajstić information content (AvgIpc) is 3.72. The molecule has 230 valence electrons. The second kappa shape index (κ2) is 11.8. The molecule has 9 heteroatoms. The Morgan fingerprint density at radius 1 is 0.933 bits per heavy atom. The van der Waals surface area contributed by atoms with Crippen LogP contribution in [0.4, 0.5) is 0 Å². The van der Waals surface area contributed by atoms with E-state index in [1.807, 2.05) is 41.6 Å². The van der Waals surface area contributed by atoms with Gasteiger partial charge in [-0.15, -0.1) is 0 Å². The van der Waals surface area contributed by atoms with E-state index >= 15 is 0 Å². The van der Waals surface area contributed by atoms with Crippen LogP contribution in [-0.2, 0) is 11.3 Å². The molecule has 1 N–H and O–H groups in total. The summed E-state index contributed by atoms with van der Waals surface area (Å²) in [5, 5.41) is 9.67. The molecule has 45 heavy (non-hydrogen) atoms. The number of carbonyl (C=O) groups is 1. The van der Waals surface area contributed by atoms with E-state index in [1.54, 1.807) is 14.2 Å². The second-order valence-electron chi connectivity index (χ2n) is 11.4. The summed E-state index contributed by atoms with van der Waals surface area (Å²) in [5.74, 6) is 2.06. The van der Waals surface area contributed by atoms with Gasteiger partial charge in [-0.05, 0) is 90.5 Å². The third kappa shape index (κ3) is 5.23. The second-order valence-corrected chi connectivity index (χ2v) is 11.4. The smallest absolute Gasteiger partial charge is 0.320 e. The van der Waals surface area contributed by atoms with Crippen molar-refractivity contribution >= 4 is 11.6 Å². The van der Waals surface area contributed by atoms with Crippen molar-refractivity contribution in [1.29, 1.82) is 0 Å². The molecule has 1 fully saturated rings. The Hall–Kier alpha value is -5.02. The maximum Gasteiger partial charge on any atom is 0.320 e. The largest absolute Gasteiger partial charge is 0.496 e. The topological polar surface area (TPSA) is 94.8 Å². The molecule has 2 aliphatic rings. The Labute approximate surface area is 261 Å². The molecule has 5 aromatic rings. The zero-order valence-electron chi connectivity index (χ0n) is 25.6. The minimum absolute atomic E-state index is 0.435. The van der Waals surface area contributed by atoms with E-state index < -0.39 is 12.0 Å². The van der Waals surface area contributed by atoms with Crippen LogP contribution in [0, 0.1) is 6.92 Å². The van der Waals surface area contributed by atoms with Crippen LogP contribution in [0.1, 0.15) is 24.0 Å². The number of imidazole rings is 1. The Bertz CT molecular complexity index is 1890. The van der Waals surface area contributed by atoms with Crippen LogP contribution >= 0.6 is 0 Å². The highest BCUT2D eigenvalue weighted by Gasteiger charge is 2.32. The highest BCUT2D eigenvalue weighted by molar-refractivity contribution is 5.81. The molecule has 0 saturated carbocycles.